The second-order valence-electron chi connectivity index (χ2n) is 9.61. The Hall–Kier alpha value is -4.63. The number of phenols is 1. The summed E-state index contributed by atoms with van der Waals surface area (Å²) >= 11 is 6.24. The van der Waals surface area contributed by atoms with E-state index in [1.165, 1.54) is 43.5 Å². The number of aromatic hydroxyl groups is 1. The average Bonchev–Trinajstić information content (AvgIpc) is 3.50. The summed E-state index contributed by atoms with van der Waals surface area (Å²) in [4.78, 5) is 48.0. The number of benzene rings is 1. The van der Waals surface area contributed by atoms with E-state index < -0.39 is 64.7 Å². The molecule has 12 nitrogen and oxygen atoms in total. The van der Waals surface area contributed by atoms with E-state index in [1.54, 1.807) is 4.90 Å². The highest BCUT2D eigenvalue weighted by Gasteiger charge is 2.34. The molecule has 4 aromatic rings. The molecule has 0 spiro atoms. The largest absolute Gasteiger partial charge is 0.504 e. The molecule has 0 bridgehead atoms. The zero-order valence-corrected chi connectivity index (χ0v) is 22.8. The number of aryl methyl sites for hydroxylation is 1. The van der Waals surface area contributed by atoms with E-state index in [1.807, 2.05) is 0 Å². The molecule has 220 valence electrons. The van der Waals surface area contributed by atoms with Crippen molar-refractivity contribution < 1.29 is 32.6 Å². The second-order valence-corrected chi connectivity index (χ2v) is 10.0. The van der Waals surface area contributed by atoms with Crippen LogP contribution in [-0.4, -0.2) is 68.5 Å². The lowest BCUT2D eigenvalue weighted by atomic mass is 10.0. The van der Waals surface area contributed by atoms with Gasteiger partial charge in [-0.1, -0.05) is 11.6 Å². The van der Waals surface area contributed by atoms with E-state index in [9.17, 15) is 28.3 Å². The van der Waals surface area contributed by atoms with Gasteiger partial charge >= 0.3 is 0 Å². The van der Waals surface area contributed by atoms with Crippen LogP contribution in [0.3, 0.4) is 0 Å². The minimum absolute atomic E-state index is 0.0329. The maximum atomic E-state index is 15.0. The number of alkyl halides is 1. The van der Waals surface area contributed by atoms with Crippen LogP contribution in [0.4, 0.5) is 24.7 Å². The highest BCUT2D eigenvalue weighted by Crippen LogP contribution is 2.36. The fourth-order valence-electron chi connectivity index (χ4n) is 4.77. The number of amides is 2. The summed E-state index contributed by atoms with van der Waals surface area (Å²) in [7, 11) is 2.79. The minimum atomic E-state index is -1.74. The molecule has 4 N–H and O–H groups in total. The number of hydrogen-bond donors (Lipinski definition) is 3. The first kappa shape index (κ1) is 28.9. The standard InChI is InChI=1S/C26H23ClF3N7O5/c1-35-10-33-25-20(26(35)41)13(11-3-12(24(31)40)23(39)22(30)21(11)29)6-37(25)9-19(38)34-16-4-18(32-5-14(16)27)36-7-15(28)17(8-36)42-2/h3-6,10,15,17,39H,7-9H2,1-2H3,(H2,31,40)(H,32,34,38)/t15-,17+/m1/s1. The van der Waals surface area contributed by atoms with Gasteiger partial charge in [0, 0.05) is 44.1 Å². The molecule has 0 saturated carbocycles. The van der Waals surface area contributed by atoms with Crippen LogP contribution in [0.25, 0.3) is 22.2 Å². The van der Waals surface area contributed by atoms with Crippen molar-refractivity contribution in [1.82, 2.24) is 19.1 Å². The SMILES string of the molecule is CO[C@H]1CN(c2cc(NC(=O)Cn3cc(-c4cc(C(N)=O)c(O)c(F)c4F)c4c(=O)n(C)cnc43)c(Cl)cn2)C[C@H]1F. The first-order valence-electron chi connectivity index (χ1n) is 12.3. The summed E-state index contributed by atoms with van der Waals surface area (Å²) in [6.45, 7) is -0.187. The van der Waals surface area contributed by atoms with Gasteiger partial charge in [0.2, 0.25) is 11.7 Å². The van der Waals surface area contributed by atoms with Crippen molar-refractivity contribution in [3.63, 3.8) is 0 Å². The molecular formula is C26H23ClF3N7O5. The molecule has 1 fully saturated rings. The third kappa shape index (κ3) is 5.00. The van der Waals surface area contributed by atoms with Gasteiger partial charge in [0.25, 0.3) is 11.5 Å². The van der Waals surface area contributed by atoms with Crippen LogP contribution in [0.1, 0.15) is 10.4 Å². The Morgan fingerprint density at radius 1 is 1.21 bits per heavy atom. The molecule has 16 heteroatoms. The number of nitrogens with zero attached hydrogens (tertiary/aromatic N) is 5. The monoisotopic (exact) mass is 605 g/mol. The first-order chi connectivity index (χ1) is 19.9. The van der Waals surface area contributed by atoms with Crippen molar-refractivity contribution in [3.05, 3.63) is 63.4 Å². The van der Waals surface area contributed by atoms with Crippen LogP contribution in [-0.2, 0) is 23.1 Å². The van der Waals surface area contributed by atoms with Crippen LogP contribution in [0.5, 0.6) is 5.75 Å². The predicted octanol–water partition coefficient (Wildman–Crippen LogP) is 2.34. The summed E-state index contributed by atoms with van der Waals surface area (Å²) < 4.78 is 51.2. The van der Waals surface area contributed by atoms with E-state index in [0.29, 0.717) is 5.82 Å². The minimum Gasteiger partial charge on any atom is -0.504 e. The van der Waals surface area contributed by atoms with Crippen LogP contribution < -0.4 is 21.5 Å². The molecule has 3 aromatic heterocycles. The van der Waals surface area contributed by atoms with E-state index >= 15 is 4.39 Å². The number of aromatic nitrogens is 4. The van der Waals surface area contributed by atoms with Crippen LogP contribution in [0, 0.1) is 11.6 Å². The Labute approximate surface area is 240 Å². The molecule has 2 amide bonds. The summed E-state index contributed by atoms with van der Waals surface area (Å²) in [5.41, 5.74) is 3.21. The number of methoxy groups -OCH3 is 1. The average molecular weight is 606 g/mol. The molecule has 0 aliphatic carbocycles. The van der Waals surface area contributed by atoms with Gasteiger partial charge in [-0.2, -0.15) is 4.39 Å². The number of nitrogens with one attached hydrogen (secondary N) is 1. The second kappa shape index (κ2) is 11.0. The first-order valence-corrected chi connectivity index (χ1v) is 12.7. The van der Waals surface area contributed by atoms with Crippen LogP contribution in [0.15, 0.2) is 35.6 Å². The number of rotatable bonds is 7. The van der Waals surface area contributed by atoms with Gasteiger partial charge in [-0.05, 0) is 6.07 Å². The van der Waals surface area contributed by atoms with E-state index in [-0.39, 0.29) is 40.4 Å². The van der Waals surface area contributed by atoms with Crippen molar-refractivity contribution in [2.75, 3.05) is 30.4 Å². The highest BCUT2D eigenvalue weighted by molar-refractivity contribution is 6.33. The Balaban J connectivity index is 1.51. The van der Waals surface area contributed by atoms with E-state index in [0.717, 1.165) is 10.6 Å². The third-order valence-corrected chi connectivity index (χ3v) is 7.23. The third-order valence-electron chi connectivity index (χ3n) is 6.93. The van der Waals surface area contributed by atoms with Crippen molar-refractivity contribution in [3.8, 4) is 16.9 Å². The van der Waals surface area contributed by atoms with Gasteiger partial charge in [-0.25, -0.2) is 18.7 Å². The number of ether oxygens (including phenoxy) is 1. The number of nitrogens with two attached hydrogens (primary N) is 1. The van der Waals surface area contributed by atoms with Gasteiger partial charge in [0.1, 0.15) is 30.3 Å². The van der Waals surface area contributed by atoms with Crippen molar-refractivity contribution in [2.45, 2.75) is 18.8 Å². The molecule has 1 aliphatic heterocycles. The Morgan fingerprint density at radius 3 is 2.62 bits per heavy atom. The maximum Gasteiger partial charge on any atom is 0.263 e. The molecule has 1 aliphatic rings. The van der Waals surface area contributed by atoms with Crippen molar-refractivity contribution in [2.24, 2.45) is 12.8 Å². The molecule has 0 radical (unpaired) electrons. The number of fused-ring (bicyclic) bond motifs is 1. The number of halogens is 4. The molecule has 1 saturated heterocycles. The van der Waals surface area contributed by atoms with Crippen molar-refractivity contribution in [1.29, 1.82) is 0 Å². The molecule has 0 unspecified atom stereocenters. The Bertz CT molecular complexity index is 1810. The van der Waals surface area contributed by atoms with Gasteiger partial charge in [-0.15, -0.1) is 0 Å². The number of anilines is 2. The Kier molecular flexibility index (Phi) is 7.55. The maximum absolute atomic E-state index is 15.0. The fourth-order valence-corrected chi connectivity index (χ4v) is 4.93. The fraction of sp³-hybridized carbons (Fsp3) is 0.269. The smallest absolute Gasteiger partial charge is 0.263 e. The van der Waals surface area contributed by atoms with E-state index in [4.69, 9.17) is 22.1 Å². The zero-order valence-electron chi connectivity index (χ0n) is 22.1. The lowest BCUT2D eigenvalue weighted by molar-refractivity contribution is -0.116. The molecule has 1 aromatic carbocycles. The lowest BCUT2D eigenvalue weighted by Gasteiger charge is -2.18. The van der Waals surface area contributed by atoms with Crippen molar-refractivity contribution >= 4 is 46.0 Å². The highest BCUT2D eigenvalue weighted by atomic mass is 35.5. The summed E-state index contributed by atoms with van der Waals surface area (Å²) in [6.07, 6.45) is 1.80. The van der Waals surface area contributed by atoms with Gasteiger partial charge in [0.15, 0.2) is 11.6 Å². The molecule has 4 heterocycles. The number of carbonyl (C=O) groups excluding carboxylic acids is 2. The normalized spacial score (nSPS) is 16.8. The molecule has 2 atom stereocenters. The van der Waals surface area contributed by atoms with Gasteiger partial charge in [0.05, 0.1) is 40.7 Å². The summed E-state index contributed by atoms with van der Waals surface area (Å²) in [6, 6.07) is 2.28. The molecule has 5 rings (SSSR count). The number of pyridine rings is 1. The number of primary amides is 1. The molecular weight excluding hydrogens is 583 g/mol. The quantitative estimate of drug-likeness (QED) is 0.290. The van der Waals surface area contributed by atoms with Crippen LogP contribution in [0.2, 0.25) is 5.02 Å². The summed E-state index contributed by atoms with van der Waals surface area (Å²) in [5, 5.41) is 12.4. The number of carbonyl (C=O) groups is 2. The van der Waals surface area contributed by atoms with Gasteiger partial charge in [-0.3, -0.25) is 14.4 Å². The summed E-state index contributed by atoms with van der Waals surface area (Å²) in [5.74, 6) is -6.08. The zero-order chi connectivity index (χ0) is 30.5. The molecule has 42 heavy (non-hydrogen) atoms. The lowest BCUT2D eigenvalue weighted by Crippen LogP contribution is -2.24. The van der Waals surface area contributed by atoms with Crippen LogP contribution >= 0.6 is 11.6 Å². The predicted molar refractivity (Wildman–Crippen MR) is 146 cm³/mol. The Morgan fingerprint density at radius 2 is 1.95 bits per heavy atom. The number of hydrogen-bond acceptors (Lipinski definition) is 8. The van der Waals surface area contributed by atoms with Gasteiger partial charge < -0.3 is 34.9 Å². The van der Waals surface area contributed by atoms with E-state index in [2.05, 4.69) is 15.3 Å². The topological polar surface area (TPSA) is 158 Å².